The first-order valence-electron chi connectivity index (χ1n) is 9.79. The zero-order valence-corrected chi connectivity index (χ0v) is 15.3. The quantitative estimate of drug-likeness (QED) is 0.703. The van der Waals surface area contributed by atoms with E-state index in [0.29, 0.717) is 0 Å². The highest BCUT2D eigenvalue weighted by Crippen LogP contribution is 2.35. The van der Waals surface area contributed by atoms with Gasteiger partial charge in [0.1, 0.15) is 0 Å². The number of amides is 1. The maximum Gasteiger partial charge on any atom is 0.223 e. The van der Waals surface area contributed by atoms with Gasteiger partial charge in [0.05, 0.1) is 12.2 Å². The lowest BCUT2D eigenvalue weighted by Gasteiger charge is -2.25. The molecule has 2 heterocycles. The summed E-state index contributed by atoms with van der Waals surface area (Å²) in [7, 11) is 0. The fourth-order valence-electron chi connectivity index (χ4n) is 4.29. The van der Waals surface area contributed by atoms with E-state index in [2.05, 4.69) is 33.1 Å². The van der Waals surface area contributed by atoms with E-state index >= 15 is 0 Å². The summed E-state index contributed by atoms with van der Waals surface area (Å²) in [5.41, 5.74) is 11.8. The highest BCUT2D eigenvalue weighted by molar-refractivity contribution is 5.89. The van der Waals surface area contributed by atoms with Crippen molar-refractivity contribution in [1.82, 2.24) is 14.9 Å². The molecule has 3 N–H and O–H groups in total. The molecule has 0 saturated heterocycles. The Morgan fingerprint density at radius 2 is 2.11 bits per heavy atom. The molecule has 0 unspecified atom stereocenters. The minimum Gasteiger partial charge on any atom is -0.399 e. The zero-order valence-electron chi connectivity index (χ0n) is 15.3. The molecule has 1 aromatic carbocycles. The average molecular weight is 360 g/mol. The van der Waals surface area contributed by atoms with Gasteiger partial charge in [-0.05, 0) is 68.0 Å². The average Bonchev–Trinajstić information content (AvgIpc) is 3.49. The number of rotatable bonds is 4. The predicted molar refractivity (Wildman–Crippen MR) is 106 cm³/mol. The number of nitrogens with one attached hydrogen (secondary N) is 1. The van der Waals surface area contributed by atoms with Crippen LogP contribution in [0.5, 0.6) is 0 Å². The number of nitrogens with zero attached hydrogens (tertiary/aromatic N) is 2. The maximum atomic E-state index is 12.2. The van der Waals surface area contributed by atoms with Crippen molar-refractivity contribution >= 4 is 22.5 Å². The lowest BCUT2D eigenvalue weighted by Crippen LogP contribution is -2.39. The number of nitrogen functional groups attached to an aromatic ring is 1. The zero-order chi connectivity index (χ0) is 18.4. The van der Waals surface area contributed by atoms with Crippen LogP contribution in [0.2, 0.25) is 0 Å². The van der Waals surface area contributed by atoms with Crippen molar-refractivity contribution < 1.29 is 4.79 Å². The van der Waals surface area contributed by atoms with Crippen LogP contribution >= 0.6 is 0 Å². The van der Waals surface area contributed by atoms with Gasteiger partial charge in [-0.3, -0.25) is 9.78 Å². The van der Waals surface area contributed by atoms with E-state index in [1.807, 2.05) is 24.4 Å². The summed E-state index contributed by atoms with van der Waals surface area (Å²) < 4.78 is 2.38. The second-order valence-corrected chi connectivity index (χ2v) is 7.83. The number of pyridine rings is 1. The highest BCUT2D eigenvalue weighted by atomic mass is 16.2. The molecule has 5 heteroatoms. The molecule has 1 atom stereocenters. The molecule has 5 nitrogen and oxygen atoms in total. The Morgan fingerprint density at radius 1 is 1.22 bits per heavy atom. The van der Waals surface area contributed by atoms with Gasteiger partial charge in [0.2, 0.25) is 5.91 Å². The number of hydrogen-bond acceptors (Lipinski definition) is 3. The standard InChI is InChI=1S/C22H24N4O/c23-15-6-8-20-18(11-15)19-12-16(25-22(27)14-4-5-14)7-9-21(19)26(20)13-17-3-1-2-10-24-17/h1-3,6,8,10-11,14,16H,4-5,7,9,12-13,23H2,(H,25,27)/t16-/m1/s1. The van der Waals surface area contributed by atoms with Gasteiger partial charge in [0.25, 0.3) is 0 Å². The Bertz CT molecular complexity index is 1000. The molecule has 0 aliphatic heterocycles. The molecule has 1 amide bonds. The summed E-state index contributed by atoms with van der Waals surface area (Å²) in [6.45, 7) is 0.760. The Morgan fingerprint density at radius 3 is 2.89 bits per heavy atom. The van der Waals surface area contributed by atoms with Gasteiger partial charge < -0.3 is 15.6 Å². The highest BCUT2D eigenvalue weighted by Gasteiger charge is 2.33. The maximum absolute atomic E-state index is 12.2. The number of nitrogens with two attached hydrogens (primary N) is 1. The first kappa shape index (κ1) is 16.4. The van der Waals surface area contributed by atoms with Gasteiger partial charge in [0, 0.05) is 40.4 Å². The second-order valence-electron chi connectivity index (χ2n) is 7.83. The molecule has 5 rings (SSSR count). The Balaban J connectivity index is 1.52. The van der Waals surface area contributed by atoms with E-state index in [0.717, 1.165) is 50.0 Å². The number of hydrogen-bond donors (Lipinski definition) is 2. The van der Waals surface area contributed by atoms with E-state index in [4.69, 9.17) is 5.73 Å². The monoisotopic (exact) mass is 360 g/mol. The van der Waals surface area contributed by atoms with E-state index in [9.17, 15) is 4.79 Å². The number of fused-ring (bicyclic) bond motifs is 3. The van der Waals surface area contributed by atoms with Crippen LogP contribution in [0.1, 0.15) is 36.2 Å². The molecule has 27 heavy (non-hydrogen) atoms. The third-order valence-corrected chi connectivity index (χ3v) is 5.83. The molecule has 1 fully saturated rings. The molecule has 2 aliphatic rings. The predicted octanol–water partition coefficient (Wildman–Crippen LogP) is 3.05. The van der Waals surface area contributed by atoms with E-state index in [-0.39, 0.29) is 17.9 Å². The SMILES string of the molecule is Nc1ccc2c(c1)c1c(n2Cc2ccccn2)CC[C@@H](NC(=O)C2CC2)C1. The minimum absolute atomic E-state index is 0.223. The van der Waals surface area contributed by atoms with Gasteiger partial charge >= 0.3 is 0 Å². The van der Waals surface area contributed by atoms with Crippen LogP contribution in [0.25, 0.3) is 10.9 Å². The van der Waals surface area contributed by atoms with Crippen molar-refractivity contribution in [1.29, 1.82) is 0 Å². The molecule has 138 valence electrons. The lowest BCUT2D eigenvalue weighted by atomic mass is 9.91. The van der Waals surface area contributed by atoms with Crippen molar-refractivity contribution in [2.45, 2.75) is 44.7 Å². The van der Waals surface area contributed by atoms with Crippen LogP contribution < -0.4 is 11.1 Å². The lowest BCUT2D eigenvalue weighted by molar-refractivity contribution is -0.123. The molecule has 0 radical (unpaired) electrons. The van der Waals surface area contributed by atoms with Crippen LogP contribution in [0.3, 0.4) is 0 Å². The molecular formula is C22H24N4O. The van der Waals surface area contributed by atoms with E-state index in [1.165, 1.54) is 22.2 Å². The molecule has 3 aromatic rings. The number of benzene rings is 1. The fourth-order valence-corrected chi connectivity index (χ4v) is 4.29. The summed E-state index contributed by atoms with van der Waals surface area (Å²) in [4.78, 5) is 16.7. The normalized spacial score (nSPS) is 19.0. The largest absolute Gasteiger partial charge is 0.399 e. The van der Waals surface area contributed by atoms with Gasteiger partial charge in [-0.15, -0.1) is 0 Å². The topological polar surface area (TPSA) is 72.9 Å². The van der Waals surface area contributed by atoms with Gasteiger partial charge in [-0.25, -0.2) is 0 Å². The summed E-state index contributed by atoms with van der Waals surface area (Å²) in [5.74, 6) is 0.493. The third-order valence-electron chi connectivity index (χ3n) is 5.83. The Kier molecular flexibility index (Phi) is 3.88. The molecule has 1 saturated carbocycles. The fraction of sp³-hybridized carbons (Fsp3) is 0.364. The van der Waals surface area contributed by atoms with Crippen LogP contribution in [0.15, 0.2) is 42.6 Å². The van der Waals surface area contributed by atoms with Crippen molar-refractivity contribution in [3.8, 4) is 0 Å². The summed E-state index contributed by atoms with van der Waals surface area (Å²) >= 11 is 0. The molecule has 0 bridgehead atoms. The molecule has 2 aromatic heterocycles. The summed E-state index contributed by atoms with van der Waals surface area (Å²) in [6, 6.07) is 12.4. The number of anilines is 1. The molecule has 2 aliphatic carbocycles. The smallest absolute Gasteiger partial charge is 0.223 e. The Labute approximate surface area is 158 Å². The van der Waals surface area contributed by atoms with Gasteiger partial charge in [-0.1, -0.05) is 6.07 Å². The third kappa shape index (κ3) is 3.07. The summed E-state index contributed by atoms with van der Waals surface area (Å²) in [5, 5.41) is 4.48. The molecule has 0 spiro atoms. The van der Waals surface area contributed by atoms with Crippen molar-refractivity contribution in [3.63, 3.8) is 0 Å². The second kappa shape index (κ2) is 6.41. The van der Waals surface area contributed by atoms with Crippen molar-refractivity contribution in [3.05, 3.63) is 59.5 Å². The van der Waals surface area contributed by atoms with E-state index < -0.39 is 0 Å². The van der Waals surface area contributed by atoms with Gasteiger partial charge in [0.15, 0.2) is 0 Å². The number of carbonyl (C=O) groups excluding carboxylic acids is 1. The van der Waals surface area contributed by atoms with Gasteiger partial charge in [-0.2, -0.15) is 0 Å². The number of aromatic nitrogens is 2. The minimum atomic E-state index is 0.223. The first-order chi connectivity index (χ1) is 13.2. The number of carbonyl (C=O) groups is 1. The van der Waals surface area contributed by atoms with Crippen molar-refractivity contribution in [2.24, 2.45) is 5.92 Å². The Hall–Kier alpha value is -2.82. The van der Waals surface area contributed by atoms with Crippen LogP contribution in [0, 0.1) is 5.92 Å². The summed E-state index contributed by atoms with van der Waals surface area (Å²) in [6.07, 6.45) is 6.76. The van der Waals surface area contributed by atoms with Crippen molar-refractivity contribution in [2.75, 3.05) is 5.73 Å². The molecular weight excluding hydrogens is 336 g/mol. The van der Waals surface area contributed by atoms with Crippen LogP contribution in [-0.4, -0.2) is 21.5 Å². The first-order valence-corrected chi connectivity index (χ1v) is 9.79. The van der Waals surface area contributed by atoms with Crippen LogP contribution in [-0.2, 0) is 24.2 Å². The van der Waals surface area contributed by atoms with E-state index in [1.54, 1.807) is 0 Å². The van der Waals surface area contributed by atoms with Crippen LogP contribution in [0.4, 0.5) is 5.69 Å².